The third-order valence-electron chi connectivity index (χ3n) is 17.1. The van der Waals surface area contributed by atoms with Gasteiger partial charge in [-0.05, 0) is 92.2 Å². The van der Waals surface area contributed by atoms with Crippen LogP contribution in [0.15, 0.2) is 0 Å². The van der Waals surface area contributed by atoms with Crippen molar-refractivity contribution < 1.29 is 24.0 Å². The predicted molar refractivity (Wildman–Crippen MR) is 358 cm³/mol. The molecule has 0 spiro atoms. The first kappa shape index (κ1) is 81.2. The Morgan fingerprint density at radius 2 is 0.548 bits per heavy atom. The lowest BCUT2D eigenvalue weighted by molar-refractivity contribution is -0.123. The Labute approximate surface area is 519 Å². The summed E-state index contributed by atoms with van der Waals surface area (Å²) in [7, 11) is 0. The van der Waals surface area contributed by atoms with E-state index in [1.807, 2.05) is 0 Å². The lowest BCUT2D eigenvalue weighted by Gasteiger charge is -2.39. The highest BCUT2D eigenvalue weighted by Crippen LogP contribution is 2.40. The average Bonchev–Trinajstić information content (AvgIpc) is 3.44. The standard InChI is InChI=1S/C70H141N9O5/c1-27-64(14,15)48-68(22,23)52-74-58(82)32-39-78(38-31-57(81)73-51-67(20,21)46-62(8,9)10)43-44-79(40-33-59(83)75-53-69(24,25)49-65(16,17)28-2)42-35-71-34-41-77(36-29-56(80)72-50-66(18,19)45-61(5,6)7)37-30-60(84)76-54-70(26,55(3)4)47-63(11,12)13/h55,71H,27-54H2,1-26H3,(H,72,80)(H,73,81)(H,74,82)(H,75,83)(H,76,84). The fourth-order valence-corrected chi connectivity index (χ4v) is 12.9. The highest BCUT2D eigenvalue weighted by atomic mass is 16.2. The summed E-state index contributed by atoms with van der Waals surface area (Å²) >= 11 is 0. The summed E-state index contributed by atoms with van der Waals surface area (Å²) in [6.45, 7) is 68.0. The van der Waals surface area contributed by atoms with Crippen LogP contribution in [-0.2, 0) is 24.0 Å². The summed E-state index contributed by atoms with van der Waals surface area (Å²) in [6, 6.07) is 0. The zero-order chi connectivity index (χ0) is 65.2. The van der Waals surface area contributed by atoms with E-state index in [2.05, 4.69) is 227 Å². The molecule has 6 N–H and O–H groups in total. The minimum Gasteiger partial charge on any atom is -0.356 e. The van der Waals surface area contributed by atoms with Crippen LogP contribution in [0.25, 0.3) is 0 Å². The minimum atomic E-state index is -0.0507. The molecule has 0 aromatic rings. The van der Waals surface area contributed by atoms with Crippen LogP contribution in [0.2, 0.25) is 0 Å². The highest BCUT2D eigenvalue weighted by molar-refractivity contribution is 5.78. The monoisotopic (exact) mass is 1190 g/mol. The number of hydrogen-bond acceptors (Lipinski definition) is 9. The first-order chi connectivity index (χ1) is 38.0. The number of rotatable bonds is 44. The lowest BCUT2D eigenvalue weighted by Crippen LogP contribution is -2.44. The van der Waals surface area contributed by atoms with Gasteiger partial charge in [0.2, 0.25) is 29.5 Å². The Bertz CT molecular complexity index is 1920. The van der Waals surface area contributed by atoms with Crippen molar-refractivity contribution in [2.45, 2.75) is 257 Å². The SMILES string of the molecule is CCC(C)(C)CC(C)(C)CNC(=O)CCN(CCNCCN(CCC(=O)NCC(C)(C)CC(C)(C)C)CCC(=O)NCC(C)(CC(C)(C)C)C(C)C)CCN(CCC(=O)NCC(C)(C)CC(C)(C)C)CCC(=O)NCC(C)(C)CC(C)(C)CC. The molecule has 1 atom stereocenters. The molecule has 84 heavy (non-hydrogen) atoms. The summed E-state index contributed by atoms with van der Waals surface area (Å²) < 4.78 is 0. The van der Waals surface area contributed by atoms with Crippen molar-refractivity contribution >= 4 is 29.5 Å². The Morgan fingerprint density at radius 3 is 0.798 bits per heavy atom. The molecule has 14 nitrogen and oxygen atoms in total. The van der Waals surface area contributed by atoms with Crippen molar-refractivity contribution in [2.24, 2.45) is 60.1 Å². The van der Waals surface area contributed by atoms with Gasteiger partial charge in [-0.2, -0.15) is 0 Å². The van der Waals surface area contributed by atoms with Gasteiger partial charge in [-0.15, -0.1) is 0 Å². The highest BCUT2D eigenvalue weighted by Gasteiger charge is 2.35. The molecule has 0 bridgehead atoms. The van der Waals surface area contributed by atoms with Crippen molar-refractivity contribution in [3.05, 3.63) is 0 Å². The maximum Gasteiger partial charge on any atom is 0.221 e. The largest absolute Gasteiger partial charge is 0.356 e. The van der Waals surface area contributed by atoms with Crippen LogP contribution < -0.4 is 31.9 Å². The van der Waals surface area contributed by atoms with Crippen molar-refractivity contribution in [2.75, 3.05) is 105 Å². The second kappa shape index (κ2) is 36.0. The molecule has 0 saturated carbocycles. The Morgan fingerprint density at radius 1 is 0.310 bits per heavy atom. The zero-order valence-corrected chi connectivity index (χ0v) is 60.3. The number of nitrogens with zero attached hydrogens (tertiary/aromatic N) is 3. The number of hydrogen-bond donors (Lipinski definition) is 6. The minimum absolute atomic E-state index is 0.00950. The zero-order valence-electron chi connectivity index (χ0n) is 60.3. The van der Waals surface area contributed by atoms with Gasteiger partial charge in [0, 0.05) is 137 Å². The molecule has 0 aliphatic rings. The molecule has 0 rings (SSSR count). The van der Waals surface area contributed by atoms with E-state index < -0.39 is 0 Å². The van der Waals surface area contributed by atoms with Crippen LogP contribution in [-0.4, -0.2) is 149 Å². The number of nitrogens with one attached hydrogen (secondary N) is 6. The Hall–Kier alpha value is -2.81. The number of carbonyl (C=O) groups is 5. The summed E-state index contributed by atoms with van der Waals surface area (Å²) in [5.41, 5.74) is 0.575. The molecule has 0 fully saturated rings. The fraction of sp³-hybridized carbons (Fsp3) is 0.929. The van der Waals surface area contributed by atoms with Crippen LogP contribution in [0, 0.1) is 60.1 Å². The van der Waals surface area contributed by atoms with E-state index in [0.29, 0.717) is 143 Å². The third-order valence-corrected chi connectivity index (χ3v) is 17.1. The van der Waals surface area contributed by atoms with E-state index in [-0.39, 0.29) is 83.7 Å². The molecular formula is C70H141N9O5. The molecule has 1 unspecified atom stereocenters. The second-order valence-electron chi connectivity index (χ2n) is 35.0. The number of amides is 5. The molecule has 0 aromatic carbocycles. The summed E-state index contributed by atoms with van der Waals surface area (Å²) in [6.07, 6.45) is 8.82. The molecule has 5 amide bonds. The van der Waals surface area contributed by atoms with Gasteiger partial charge in [-0.3, -0.25) is 24.0 Å². The average molecular weight is 1190 g/mol. The van der Waals surface area contributed by atoms with Crippen LogP contribution in [0.3, 0.4) is 0 Å². The van der Waals surface area contributed by atoms with Crippen molar-refractivity contribution in [1.82, 2.24) is 46.6 Å². The van der Waals surface area contributed by atoms with Crippen LogP contribution >= 0.6 is 0 Å². The molecule has 0 aliphatic heterocycles. The topological polar surface area (TPSA) is 167 Å². The molecule has 0 radical (unpaired) electrons. The van der Waals surface area contributed by atoms with Crippen LogP contribution in [0.5, 0.6) is 0 Å². The van der Waals surface area contributed by atoms with E-state index in [4.69, 9.17) is 0 Å². The second-order valence-corrected chi connectivity index (χ2v) is 35.0. The van der Waals surface area contributed by atoms with Gasteiger partial charge in [0.15, 0.2) is 0 Å². The van der Waals surface area contributed by atoms with E-state index in [0.717, 1.165) is 44.9 Å². The summed E-state index contributed by atoms with van der Waals surface area (Å²) in [5.74, 6) is 0.510. The molecule has 0 heterocycles. The molecular weight excluding hydrogens is 1050 g/mol. The lowest BCUT2D eigenvalue weighted by atomic mass is 9.68. The quantitative estimate of drug-likeness (QED) is 0.0326. The summed E-state index contributed by atoms with van der Waals surface area (Å²) in [5, 5.41) is 19.9. The van der Waals surface area contributed by atoms with Crippen molar-refractivity contribution in [3.63, 3.8) is 0 Å². The maximum absolute atomic E-state index is 13.6. The smallest absolute Gasteiger partial charge is 0.221 e. The van der Waals surface area contributed by atoms with Gasteiger partial charge in [0.25, 0.3) is 0 Å². The predicted octanol–water partition coefficient (Wildman–Crippen LogP) is 12.7. The Balaban J connectivity index is 6.51. The molecule has 0 aromatic heterocycles. The van der Waals surface area contributed by atoms with Crippen LogP contribution in [0.1, 0.15) is 257 Å². The van der Waals surface area contributed by atoms with Gasteiger partial charge in [-0.25, -0.2) is 0 Å². The first-order valence-corrected chi connectivity index (χ1v) is 33.2. The van der Waals surface area contributed by atoms with E-state index >= 15 is 0 Å². The normalized spacial score (nSPS) is 14.3. The fourth-order valence-electron chi connectivity index (χ4n) is 12.9. The summed E-state index contributed by atoms with van der Waals surface area (Å²) in [4.78, 5) is 74.4. The Kier molecular flexibility index (Phi) is 34.8. The van der Waals surface area contributed by atoms with Gasteiger partial charge in [0.05, 0.1) is 0 Å². The van der Waals surface area contributed by atoms with Gasteiger partial charge in [-0.1, -0.05) is 193 Å². The van der Waals surface area contributed by atoms with Gasteiger partial charge < -0.3 is 46.6 Å². The van der Waals surface area contributed by atoms with Crippen molar-refractivity contribution in [3.8, 4) is 0 Å². The van der Waals surface area contributed by atoms with E-state index in [1.165, 1.54) is 0 Å². The molecule has 14 heteroatoms. The van der Waals surface area contributed by atoms with E-state index in [9.17, 15) is 24.0 Å². The third kappa shape index (κ3) is 42.1. The van der Waals surface area contributed by atoms with Gasteiger partial charge >= 0.3 is 0 Å². The molecule has 496 valence electrons. The molecule has 0 saturated heterocycles. The maximum atomic E-state index is 13.6. The van der Waals surface area contributed by atoms with Gasteiger partial charge in [0.1, 0.15) is 0 Å². The number of carbonyl (C=O) groups excluding carboxylic acids is 5. The van der Waals surface area contributed by atoms with Crippen LogP contribution in [0.4, 0.5) is 0 Å². The van der Waals surface area contributed by atoms with Crippen molar-refractivity contribution in [1.29, 1.82) is 0 Å². The molecule has 0 aliphatic carbocycles. The van der Waals surface area contributed by atoms with E-state index in [1.54, 1.807) is 0 Å². The first-order valence-electron chi connectivity index (χ1n) is 33.2.